The smallest absolute Gasteiger partial charge is 0.282 e. The Hall–Kier alpha value is -3.08. The average molecular weight is 473 g/mol. The van der Waals surface area contributed by atoms with Crippen LogP contribution in [0.5, 0.6) is 5.75 Å². The molecule has 0 saturated carbocycles. The third-order valence-electron chi connectivity index (χ3n) is 5.56. The van der Waals surface area contributed by atoms with Gasteiger partial charge in [0.05, 0.1) is 22.1 Å². The predicted molar refractivity (Wildman–Crippen MR) is 124 cm³/mol. The Balaban J connectivity index is 2.10. The highest BCUT2D eigenvalue weighted by molar-refractivity contribution is 7.89. The van der Waals surface area contributed by atoms with E-state index in [-0.39, 0.29) is 35.7 Å². The number of rotatable bonds is 7. The molecule has 9 nitrogen and oxygen atoms in total. The molecule has 1 heterocycles. The maximum Gasteiger partial charge on any atom is 0.282 e. The van der Waals surface area contributed by atoms with Crippen LogP contribution < -0.4 is 5.14 Å². The fourth-order valence-electron chi connectivity index (χ4n) is 3.97. The second-order valence-electron chi connectivity index (χ2n) is 8.44. The van der Waals surface area contributed by atoms with E-state index in [0.717, 1.165) is 0 Å². The van der Waals surface area contributed by atoms with Crippen LogP contribution in [0.15, 0.2) is 58.5 Å². The largest absolute Gasteiger partial charge is 0.507 e. The number of benzene rings is 2. The van der Waals surface area contributed by atoms with Crippen molar-refractivity contribution in [3.8, 4) is 5.75 Å². The highest BCUT2D eigenvalue weighted by atomic mass is 32.2. The lowest BCUT2D eigenvalue weighted by Crippen LogP contribution is -2.45. The summed E-state index contributed by atoms with van der Waals surface area (Å²) in [4.78, 5) is 28.4. The van der Waals surface area contributed by atoms with Crippen molar-refractivity contribution >= 4 is 27.5 Å². The number of nitrogens with two attached hydrogens (primary N) is 1. The van der Waals surface area contributed by atoms with E-state index in [4.69, 9.17) is 5.14 Å². The number of nitrogens with zero attached hydrogens (tertiary/aromatic N) is 3. The third kappa shape index (κ3) is 4.97. The number of carbonyl (C=O) groups is 2. The molecule has 3 N–H and O–H groups in total. The van der Waals surface area contributed by atoms with E-state index in [1.165, 1.54) is 30.3 Å². The zero-order valence-electron chi connectivity index (χ0n) is 19.0. The quantitative estimate of drug-likeness (QED) is 0.593. The number of aromatic hydroxyl groups is 1. The molecular weight excluding hydrogens is 444 g/mol. The summed E-state index contributed by atoms with van der Waals surface area (Å²) in [7, 11) is -4.21. The number of hydrogen-bond acceptors (Lipinski definition) is 7. The van der Waals surface area contributed by atoms with Crippen LogP contribution in [0.3, 0.4) is 0 Å². The van der Waals surface area contributed by atoms with Crippen LogP contribution in [0.2, 0.25) is 0 Å². The van der Waals surface area contributed by atoms with Gasteiger partial charge in [-0.05, 0) is 52.0 Å². The van der Waals surface area contributed by atoms with Crippen LogP contribution in [-0.2, 0) is 14.8 Å². The molecule has 0 bridgehead atoms. The van der Waals surface area contributed by atoms with E-state index in [0.29, 0.717) is 10.6 Å². The van der Waals surface area contributed by atoms with Crippen LogP contribution in [0.4, 0.5) is 0 Å². The molecule has 0 unspecified atom stereocenters. The maximum atomic E-state index is 13.5. The van der Waals surface area contributed by atoms with Gasteiger partial charge in [0.1, 0.15) is 5.75 Å². The molecule has 3 rings (SSSR count). The van der Waals surface area contributed by atoms with Gasteiger partial charge in [0.15, 0.2) is 0 Å². The van der Waals surface area contributed by atoms with Crippen molar-refractivity contribution in [2.24, 2.45) is 16.2 Å². The lowest BCUT2D eigenvalue weighted by Gasteiger charge is -2.32. The Labute approximate surface area is 193 Å². The van der Waals surface area contributed by atoms with Crippen LogP contribution in [0.1, 0.15) is 43.6 Å². The summed E-state index contributed by atoms with van der Waals surface area (Å²) in [6.45, 7) is 8.27. The molecule has 0 spiro atoms. The molecule has 1 aliphatic heterocycles. The number of primary sulfonamides is 1. The van der Waals surface area contributed by atoms with Crippen molar-refractivity contribution in [2.45, 2.75) is 44.7 Å². The van der Waals surface area contributed by atoms with Gasteiger partial charge in [-0.15, -0.1) is 0 Å². The standard InChI is InChI=1S/C23H28N4O5S/c1-14(2)26(15(3)4)13-18-21(16-9-5-7-11-19(16)28)25-27(23(18)30)22(29)17-10-6-8-12-20(17)33(24,31)32/h5-12,14-15,18,28H,13H2,1-4H3,(H2,24,31,32)/t18-/m1/s1. The van der Waals surface area contributed by atoms with Crippen molar-refractivity contribution in [3.63, 3.8) is 0 Å². The second kappa shape index (κ2) is 9.42. The summed E-state index contributed by atoms with van der Waals surface area (Å²) in [5.74, 6) is -2.42. The first-order valence-electron chi connectivity index (χ1n) is 10.6. The van der Waals surface area contributed by atoms with Gasteiger partial charge in [-0.3, -0.25) is 14.5 Å². The molecule has 0 saturated heterocycles. The minimum atomic E-state index is -4.21. The summed E-state index contributed by atoms with van der Waals surface area (Å²) in [5.41, 5.74) is 0.322. The summed E-state index contributed by atoms with van der Waals surface area (Å²) in [5, 5.41) is 20.6. The number of amides is 2. The van der Waals surface area contributed by atoms with E-state index in [9.17, 15) is 23.1 Å². The highest BCUT2D eigenvalue weighted by Gasteiger charge is 2.43. The van der Waals surface area contributed by atoms with Gasteiger partial charge < -0.3 is 5.11 Å². The van der Waals surface area contributed by atoms with E-state index in [1.54, 1.807) is 18.2 Å². The fourth-order valence-corrected chi connectivity index (χ4v) is 4.70. The highest BCUT2D eigenvalue weighted by Crippen LogP contribution is 2.30. The first-order valence-corrected chi connectivity index (χ1v) is 12.1. The van der Waals surface area contributed by atoms with Gasteiger partial charge in [-0.1, -0.05) is 24.3 Å². The summed E-state index contributed by atoms with van der Waals surface area (Å²) >= 11 is 0. The van der Waals surface area contributed by atoms with Crippen LogP contribution >= 0.6 is 0 Å². The normalized spacial score (nSPS) is 16.7. The number of carbonyl (C=O) groups excluding carboxylic acids is 2. The first kappa shape index (κ1) is 24.6. The van der Waals surface area contributed by atoms with E-state index < -0.39 is 32.7 Å². The third-order valence-corrected chi connectivity index (χ3v) is 6.53. The van der Waals surface area contributed by atoms with Crippen LogP contribution in [0, 0.1) is 5.92 Å². The van der Waals surface area contributed by atoms with E-state index in [1.807, 2.05) is 27.7 Å². The first-order chi connectivity index (χ1) is 15.4. The molecule has 1 atom stereocenters. The molecule has 2 aromatic rings. The molecule has 1 aliphatic rings. The monoisotopic (exact) mass is 472 g/mol. The predicted octanol–water partition coefficient (Wildman–Crippen LogP) is 2.16. The topological polar surface area (TPSA) is 133 Å². The van der Waals surface area contributed by atoms with Gasteiger partial charge in [0, 0.05) is 24.2 Å². The molecule has 2 aromatic carbocycles. The number of phenolic OH excluding ortho intramolecular Hbond substituents is 1. The van der Waals surface area contributed by atoms with Crippen LogP contribution in [-0.4, -0.2) is 59.6 Å². The fraction of sp³-hybridized carbons (Fsp3) is 0.348. The summed E-state index contributed by atoms with van der Waals surface area (Å²) < 4.78 is 24.0. The number of hydrazone groups is 1. The van der Waals surface area contributed by atoms with Gasteiger partial charge in [-0.25, -0.2) is 13.6 Å². The van der Waals surface area contributed by atoms with Crippen molar-refractivity contribution in [1.82, 2.24) is 9.91 Å². The van der Waals surface area contributed by atoms with Crippen molar-refractivity contribution in [1.29, 1.82) is 0 Å². The zero-order valence-corrected chi connectivity index (χ0v) is 19.8. The molecule has 0 aromatic heterocycles. The molecule has 0 radical (unpaired) electrons. The Kier molecular flexibility index (Phi) is 7.01. The summed E-state index contributed by atoms with van der Waals surface area (Å²) in [6.07, 6.45) is 0. The Morgan fingerprint density at radius 2 is 1.67 bits per heavy atom. The van der Waals surface area contributed by atoms with Gasteiger partial charge in [0.25, 0.3) is 11.8 Å². The minimum Gasteiger partial charge on any atom is -0.507 e. The number of phenols is 1. The zero-order chi connectivity index (χ0) is 24.5. The van der Waals surface area contributed by atoms with E-state index >= 15 is 0 Å². The minimum absolute atomic E-state index is 0.0751. The molecule has 33 heavy (non-hydrogen) atoms. The average Bonchev–Trinajstić information content (AvgIpc) is 3.06. The summed E-state index contributed by atoms with van der Waals surface area (Å²) in [6, 6.07) is 12.1. The lowest BCUT2D eigenvalue weighted by atomic mass is 9.94. The number of imide groups is 1. The second-order valence-corrected chi connectivity index (χ2v) is 9.97. The van der Waals surface area contributed by atoms with Gasteiger partial charge >= 0.3 is 0 Å². The van der Waals surface area contributed by atoms with Crippen molar-refractivity contribution in [2.75, 3.05) is 6.54 Å². The van der Waals surface area contributed by atoms with Crippen LogP contribution in [0.25, 0.3) is 0 Å². The van der Waals surface area contributed by atoms with Gasteiger partial charge in [-0.2, -0.15) is 10.1 Å². The SMILES string of the molecule is CC(C)N(C[C@H]1C(=O)N(C(=O)c2ccccc2S(N)(=O)=O)N=C1c1ccccc1O)C(C)C. The Morgan fingerprint density at radius 1 is 1.09 bits per heavy atom. The molecule has 2 amide bonds. The molecule has 10 heteroatoms. The lowest BCUT2D eigenvalue weighted by molar-refractivity contribution is -0.129. The number of sulfonamides is 1. The molecule has 0 aliphatic carbocycles. The molecular formula is C23H28N4O5S. The Morgan fingerprint density at radius 3 is 2.24 bits per heavy atom. The van der Waals surface area contributed by atoms with Gasteiger partial charge in [0.2, 0.25) is 10.0 Å². The number of para-hydroxylation sites is 1. The van der Waals surface area contributed by atoms with Crippen molar-refractivity contribution < 1.29 is 23.1 Å². The Bertz CT molecular complexity index is 1200. The molecule has 0 fully saturated rings. The number of hydrogen-bond donors (Lipinski definition) is 2. The van der Waals surface area contributed by atoms with Crippen molar-refractivity contribution in [3.05, 3.63) is 59.7 Å². The maximum absolute atomic E-state index is 13.5. The molecule has 176 valence electrons. The van der Waals surface area contributed by atoms with E-state index in [2.05, 4.69) is 10.0 Å².